The lowest BCUT2D eigenvalue weighted by molar-refractivity contribution is 0.0873. The summed E-state index contributed by atoms with van der Waals surface area (Å²) in [7, 11) is 0. The van der Waals surface area contributed by atoms with Gasteiger partial charge in [0.25, 0.3) is 0 Å². The van der Waals surface area contributed by atoms with Crippen LogP contribution in [0.25, 0.3) is 33.2 Å². The third-order valence-electron chi connectivity index (χ3n) is 5.36. The summed E-state index contributed by atoms with van der Waals surface area (Å²) in [5.41, 5.74) is 4.37. The standard InChI is InChI=1S/C23H19N3O/c1-23(2)12-11-18-20-19(16-9-5-6-10-17(16)21(18)27-23)25-22(26-20)15-8-4-3-7-14(15)13-24/h3-10H,11-12H2,1-2H3,(H,25,26). The summed E-state index contributed by atoms with van der Waals surface area (Å²) in [6, 6.07) is 18.1. The summed E-state index contributed by atoms with van der Waals surface area (Å²) >= 11 is 0. The number of nitriles is 1. The Labute approximate surface area is 157 Å². The first-order valence-corrected chi connectivity index (χ1v) is 9.19. The number of benzene rings is 3. The highest BCUT2D eigenvalue weighted by molar-refractivity contribution is 6.10. The molecule has 1 aromatic heterocycles. The number of aromatic amines is 1. The van der Waals surface area contributed by atoms with Crippen LogP contribution in [0.1, 0.15) is 31.4 Å². The van der Waals surface area contributed by atoms with Gasteiger partial charge in [-0.05, 0) is 38.8 Å². The van der Waals surface area contributed by atoms with Gasteiger partial charge >= 0.3 is 0 Å². The monoisotopic (exact) mass is 353 g/mol. The number of hydrogen-bond acceptors (Lipinski definition) is 3. The van der Waals surface area contributed by atoms with Crippen molar-refractivity contribution in [1.82, 2.24) is 9.97 Å². The Balaban J connectivity index is 1.86. The molecule has 0 spiro atoms. The predicted molar refractivity (Wildman–Crippen MR) is 107 cm³/mol. The van der Waals surface area contributed by atoms with E-state index in [9.17, 15) is 5.26 Å². The lowest BCUT2D eigenvalue weighted by Crippen LogP contribution is -2.32. The Morgan fingerprint density at radius 2 is 1.81 bits per heavy atom. The van der Waals surface area contributed by atoms with Crippen LogP contribution < -0.4 is 4.74 Å². The molecule has 4 aromatic rings. The van der Waals surface area contributed by atoms with E-state index in [-0.39, 0.29) is 5.60 Å². The van der Waals surface area contributed by atoms with Crippen molar-refractivity contribution in [3.8, 4) is 23.2 Å². The highest BCUT2D eigenvalue weighted by atomic mass is 16.5. The van der Waals surface area contributed by atoms with Crippen LogP contribution in [0.2, 0.25) is 0 Å². The summed E-state index contributed by atoms with van der Waals surface area (Å²) in [5.74, 6) is 1.67. The molecule has 0 amide bonds. The van der Waals surface area contributed by atoms with E-state index < -0.39 is 0 Å². The van der Waals surface area contributed by atoms with Gasteiger partial charge in [0.1, 0.15) is 17.2 Å². The molecule has 0 unspecified atom stereocenters. The molecular formula is C23H19N3O. The maximum atomic E-state index is 9.46. The fourth-order valence-electron chi connectivity index (χ4n) is 3.97. The van der Waals surface area contributed by atoms with Crippen molar-refractivity contribution in [2.24, 2.45) is 0 Å². The van der Waals surface area contributed by atoms with Crippen LogP contribution in [0.3, 0.4) is 0 Å². The number of rotatable bonds is 1. The average molecular weight is 353 g/mol. The second-order valence-electron chi connectivity index (χ2n) is 7.68. The fourth-order valence-corrected chi connectivity index (χ4v) is 3.97. The van der Waals surface area contributed by atoms with Crippen molar-refractivity contribution >= 4 is 21.8 Å². The molecule has 2 heterocycles. The molecule has 4 heteroatoms. The number of aryl methyl sites for hydroxylation is 1. The summed E-state index contributed by atoms with van der Waals surface area (Å²) in [6.45, 7) is 4.27. The van der Waals surface area contributed by atoms with Gasteiger partial charge in [-0.1, -0.05) is 36.4 Å². The van der Waals surface area contributed by atoms with E-state index in [2.05, 4.69) is 37.0 Å². The van der Waals surface area contributed by atoms with Gasteiger partial charge in [0.2, 0.25) is 0 Å². The molecule has 27 heavy (non-hydrogen) atoms. The minimum atomic E-state index is -0.185. The Morgan fingerprint density at radius 1 is 1.07 bits per heavy atom. The molecule has 4 nitrogen and oxygen atoms in total. The number of ether oxygens (including phenoxy) is 1. The molecule has 0 radical (unpaired) electrons. The van der Waals surface area contributed by atoms with Crippen molar-refractivity contribution < 1.29 is 4.74 Å². The highest BCUT2D eigenvalue weighted by Crippen LogP contribution is 2.44. The Hall–Kier alpha value is -3.32. The van der Waals surface area contributed by atoms with Crippen LogP contribution in [-0.2, 0) is 6.42 Å². The highest BCUT2D eigenvalue weighted by Gasteiger charge is 2.31. The van der Waals surface area contributed by atoms with E-state index in [0.29, 0.717) is 5.56 Å². The van der Waals surface area contributed by atoms with Gasteiger partial charge in [0.15, 0.2) is 0 Å². The van der Waals surface area contributed by atoms with Gasteiger partial charge in [0.05, 0.1) is 22.7 Å². The summed E-state index contributed by atoms with van der Waals surface area (Å²) in [4.78, 5) is 8.40. The van der Waals surface area contributed by atoms with E-state index in [0.717, 1.165) is 57.3 Å². The van der Waals surface area contributed by atoms with Crippen LogP contribution in [-0.4, -0.2) is 15.6 Å². The van der Waals surface area contributed by atoms with Gasteiger partial charge in [-0.2, -0.15) is 5.26 Å². The molecule has 0 saturated carbocycles. The predicted octanol–water partition coefficient (Wildman–Crippen LogP) is 5.36. The molecule has 132 valence electrons. The summed E-state index contributed by atoms with van der Waals surface area (Å²) < 4.78 is 6.39. The van der Waals surface area contributed by atoms with Crippen LogP contribution in [0, 0.1) is 11.3 Å². The van der Waals surface area contributed by atoms with Crippen molar-refractivity contribution in [2.45, 2.75) is 32.3 Å². The molecule has 1 aliphatic heterocycles. The zero-order valence-corrected chi connectivity index (χ0v) is 15.3. The summed E-state index contributed by atoms with van der Waals surface area (Å²) in [6.07, 6.45) is 1.87. The van der Waals surface area contributed by atoms with Crippen LogP contribution in [0.5, 0.6) is 5.75 Å². The van der Waals surface area contributed by atoms with Gasteiger partial charge in [-0.3, -0.25) is 0 Å². The van der Waals surface area contributed by atoms with Crippen molar-refractivity contribution in [2.75, 3.05) is 0 Å². The average Bonchev–Trinajstić information content (AvgIpc) is 3.13. The molecule has 0 saturated heterocycles. The maximum absolute atomic E-state index is 9.46. The molecule has 5 rings (SSSR count). The number of hydrogen-bond donors (Lipinski definition) is 1. The van der Waals surface area contributed by atoms with Gasteiger partial charge < -0.3 is 9.72 Å². The number of imidazole rings is 1. The third kappa shape index (κ3) is 2.39. The van der Waals surface area contributed by atoms with E-state index in [1.165, 1.54) is 0 Å². The first-order chi connectivity index (χ1) is 13.1. The first kappa shape index (κ1) is 15.9. The zero-order chi connectivity index (χ0) is 18.6. The number of aromatic nitrogens is 2. The topological polar surface area (TPSA) is 61.7 Å². The molecular weight excluding hydrogens is 334 g/mol. The normalized spacial score (nSPS) is 15.3. The number of H-pyrrole nitrogens is 1. The molecule has 1 aliphatic rings. The van der Waals surface area contributed by atoms with E-state index in [1.54, 1.807) is 0 Å². The minimum Gasteiger partial charge on any atom is -0.487 e. The Morgan fingerprint density at radius 3 is 2.63 bits per heavy atom. The first-order valence-electron chi connectivity index (χ1n) is 9.19. The number of nitrogens with zero attached hydrogens (tertiary/aromatic N) is 2. The molecule has 0 fully saturated rings. The van der Waals surface area contributed by atoms with Crippen LogP contribution in [0.15, 0.2) is 48.5 Å². The smallest absolute Gasteiger partial charge is 0.139 e. The van der Waals surface area contributed by atoms with Crippen LogP contribution in [0.4, 0.5) is 0 Å². The van der Waals surface area contributed by atoms with E-state index >= 15 is 0 Å². The van der Waals surface area contributed by atoms with Gasteiger partial charge in [-0.15, -0.1) is 0 Å². The molecule has 0 bridgehead atoms. The van der Waals surface area contributed by atoms with Gasteiger partial charge in [0, 0.05) is 21.9 Å². The summed E-state index contributed by atoms with van der Waals surface area (Å²) in [5, 5.41) is 11.7. The number of nitrogens with one attached hydrogen (secondary N) is 1. The maximum Gasteiger partial charge on any atom is 0.139 e. The molecule has 0 atom stereocenters. The second kappa shape index (κ2) is 5.59. The fraction of sp³-hybridized carbons (Fsp3) is 0.217. The Kier molecular flexibility index (Phi) is 3.29. The molecule has 0 aliphatic carbocycles. The van der Waals surface area contributed by atoms with Crippen LogP contribution >= 0.6 is 0 Å². The largest absolute Gasteiger partial charge is 0.487 e. The number of fused-ring (bicyclic) bond motifs is 6. The second-order valence-corrected chi connectivity index (χ2v) is 7.68. The molecule has 1 N–H and O–H groups in total. The van der Waals surface area contributed by atoms with Crippen molar-refractivity contribution in [3.63, 3.8) is 0 Å². The van der Waals surface area contributed by atoms with E-state index in [4.69, 9.17) is 9.72 Å². The van der Waals surface area contributed by atoms with Gasteiger partial charge in [-0.25, -0.2) is 4.98 Å². The molecule has 3 aromatic carbocycles. The SMILES string of the molecule is CC1(C)CCc2c(c3ccccc3c3[nH]c(-c4ccccc4C#N)nc23)O1. The third-order valence-corrected chi connectivity index (χ3v) is 5.36. The van der Waals surface area contributed by atoms with Crippen molar-refractivity contribution in [3.05, 3.63) is 59.7 Å². The lowest BCUT2D eigenvalue weighted by Gasteiger charge is -2.33. The van der Waals surface area contributed by atoms with Crippen molar-refractivity contribution in [1.29, 1.82) is 5.26 Å². The Bertz CT molecular complexity index is 1240. The quantitative estimate of drug-likeness (QED) is 0.501. The lowest BCUT2D eigenvalue weighted by atomic mass is 9.91. The minimum absolute atomic E-state index is 0.185. The zero-order valence-electron chi connectivity index (χ0n) is 15.3. The van der Waals surface area contributed by atoms with E-state index in [1.807, 2.05) is 36.4 Å².